The summed E-state index contributed by atoms with van der Waals surface area (Å²) in [6, 6.07) is 7.58. The summed E-state index contributed by atoms with van der Waals surface area (Å²) in [6.45, 7) is 2.56. The Bertz CT molecular complexity index is 540. The number of aliphatic hydroxyl groups excluding tert-OH is 1. The van der Waals surface area contributed by atoms with Gasteiger partial charge in [-0.25, -0.2) is 0 Å². The summed E-state index contributed by atoms with van der Waals surface area (Å²) in [7, 11) is 0. The molecule has 0 aliphatic rings. The number of rotatable bonds is 4. The summed E-state index contributed by atoms with van der Waals surface area (Å²) in [5.41, 5.74) is 0.841. The van der Waals surface area contributed by atoms with E-state index in [2.05, 4.69) is 31.9 Å². The Kier molecular flexibility index (Phi) is 4.84. The quantitative estimate of drug-likeness (QED) is 0.814. The first-order valence-electron chi connectivity index (χ1n) is 5.46. The van der Waals surface area contributed by atoms with Gasteiger partial charge in [0.15, 0.2) is 0 Å². The molecule has 5 heteroatoms. The highest BCUT2D eigenvalue weighted by Gasteiger charge is 2.16. The molecule has 96 valence electrons. The van der Waals surface area contributed by atoms with Crippen LogP contribution in [-0.2, 0) is 0 Å². The Morgan fingerprint density at radius 3 is 2.61 bits per heavy atom. The third-order valence-corrected chi connectivity index (χ3v) is 5.01. The van der Waals surface area contributed by atoms with Gasteiger partial charge in [0.25, 0.3) is 0 Å². The van der Waals surface area contributed by atoms with E-state index < -0.39 is 6.10 Å². The van der Waals surface area contributed by atoms with Gasteiger partial charge in [-0.3, -0.25) is 0 Å². The van der Waals surface area contributed by atoms with E-state index in [1.165, 1.54) is 11.3 Å². The molecule has 0 saturated heterocycles. The van der Waals surface area contributed by atoms with Crippen LogP contribution in [0.2, 0.25) is 0 Å². The van der Waals surface area contributed by atoms with Crippen molar-refractivity contribution in [2.75, 3.05) is 6.61 Å². The lowest BCUT2D eigenvalue weighted by molar-refractivity contribution is 0.223. The summed E-state index contributed by atoms with van der Waals surface area (Å²) in [4.78, 5) is 0.908. The van der Waals surface area contributed by atoms with Gasteiger partial charge in [0.2, 0.25) is 0 Å². The first-order valence-corrected chi connectivity index (χ1v) is 7.93. The second-order valence-corrected chi connectivity index (χ2v) is 6.31. The van der Waals surface area contributed by atoms with Crippen LogP contribution in [0.4, 0.5) is 0 Å². The lowest BCUT2D eigenvalue weighted by Gasteiger charge is -2.12. The number of halogens is 2. The first kappa shape index (κ1) is 14.1. The van der Waals surface area contributed by atoms with Crippen molar-refractivity contribution in [3.8, 4) is 5.75 Å². The van der Waals surface area contributed by atoms with Crippen molar-refractivity contribution in [2.24, 2.45) is 0 Å². The highest BCUT2D eigenvalue weighted by Crippen LogP contribution is 2.35. The van der Waals surface area contributed by atoms with Crippen molar-refractivity contribution in [2.45, 2.75) is 13.0 Å². The lowest BCUT2D eigenvalue weighted by Crippen LogP contribution is -1.99. The van der Waals surface area contributed by atoms with Crippen LogP contribution in [0.3, 0.4) is 0 Å². The molecule has 1 unspecified atom stereocenters. The van der Waals surface area contributed by atoms with Crippen molar-refractivity contribution in [1.82, 2.24) is 0 Å². The standard InChI is InChI=1S/C13H12Br2O2S/c1-2-17-11-4-3-8(7-10(11)15)12(16)13-9(14)5-6-18-13/h3-7,12,16H,2H2,1H3. The first-order chi connectivity index (χ1) is 8.63. The third-order valence-electron chi connectivity index (χ3n) is 2.46. The Balaban J connectivity index is 2.29. The molecular weight excluding hydrogens is 380 g/mol. The second-order valence-electron chi connectivity index (χ2n) is 3.66. The predicted octanol–water partition coefficient (Wildman–Crippen LogP) is 4.75. The van der Waals surface area contributed by atoms with Crippen LogP contribution < -0.4 is 4.74 Å². The summed E-state index contributed by atoms with van der Waals surface area (Å²) < 4.78 is 7.24. The Morgan fingerprint density at radius 2 is 2.06 bits per heavy atom. The predicted molar refractivity (Wildman–Crippen MR) is 81.4 cm³/mol. The van der Waals surface area contributed by atoms with Gasteiger partial charge in [0, 0.05) is 4.47 Å². The monoisotopic (exact) mass is 390 g/mol. The molecular formula is C13H12Br2O2S. The second kappa shape index (κ2) is 6.19. The molecule has 1 aromatic carbocycles. The average molecular weight is 392 g/mol. The summed E-state index contributed by atoms with van der Waals surface area (Å²) in [5, 5.41) is 12.3. The van der Waals surface area contributed by atoms with E-state index in [0.717, 1.165) is 25.1 Å². The van der Waals surface area contributed by atoms with Crippen LogP contribution in [0.25, 0.3) is 0 Å². The van der Waals surface area contributed by atoms with Crippen LogP contribution in [0, 0.1) is 0 Å². The zero-order chi connectivity index (χ0) is 13.1. The molecule has 18 heavy (non-hydrogen) atoms. The van der Waals surface area contributed by atoms with Crippen molar-refractivity contribution in [3.63, 3.8) is 0 Å². The summed E-state index contributed by atoms with van der Waals surface area (Å²) >= 11 is 8.42. The lowest BCUT2D eigenvalue weighted by atomic mass is 10.1. The Labute approximate surface area is 127 Å². The number of thiophene rings is 1. The van der Waals surface area contributed by atoms with E-state index >= 15 is 0 Å². The molecule has 0 aliphatic carbocycles. The maximum atomic E-state index is 10.3. The number of hydrogen-bond acceptors (Lipinski definition) is 3. The molecule has 2 rings (SSSR count). The van der Waals surface area contributed by atoms with E-state index in [-0.39, 0.29) is 0 Å². The van der Waals surface area contributed by atoms with Crippen molar-refractivity contribution in [3.05, 3.63) is 49.0 Å². The van der Waals surface area contributed by atoms with Gasteiger partial charge < -0.3 is 9.84 Å². The molecule has 0 fully saturated rings. The smallest absolute Gasteiger partial charge is 0.133 e. The minimum absolute atomic E-state index is 0.619. The molecule has 0 bridgehead atoms. The van der Waals surface area contributed by atoms with Crippen LogP contribution >= 0.6 is 43.2 Å². The fraction of sp³-hybridized carbons (Fsp3) is 0.231. The molecule has 2 aromatic rings. The van der Waals surface area contributed by atoms with E-state index in [1.807, 2.05) is 36.6 Å². The molecule has 1 N–H and O–H groups in total. The number of aliphatic hydroxyl groups is 1. The van der Waals surface area contributed by atoms with Gasteiger partial charge in [-0.2, -0.15) is 0 Å². The van der Waals surface area contributed by atoms with Crippen molar-refractivity contribution < 1.29 is 9.84 Å². The normalized spacial score (nSPS) is 12.4. The minimum Gasteiger partial charge on any atom is -0.493 e. The maximum absolute atomic E-state index is 10.3. The van der Waals surface area contributed by atoms with E-state index in [1.54, 1.807) is 0 Å². The van der Waals surface area contributed by atoms with Gasteiger partial charge in [0.05, 0.1) is 16.0 Å². The average Bonchev–Trinajstić information content (AvgIpc) is 2.77. The molecule has 1 atom stereocenters. The molecule has 0 saturated carbocycles. The molecule has 0 aliphatic heterocycles. The van der Waals surface area contributed by atoms with Gasteiger partial charge in [0.1, 0.15) is 11.9 Å². The highest BCUT2D eigenvalue weighted by atomic mass is 79.9. The van der Waals surface area contributed by atoms with Gasteiger partial charge in [-0.15, -0.1) is 11.3 Å². The van der Waals surface area contributed by atoms with E-state index in [0.29, 0.717) is 6.61 Å². The van der Waals surface area contributed by atoms with Gasteiger partial charge in [-0.05, 0) is 67.9 Å². The SMILES string of the molecule is CCOc1ccc(C(O)c2sccc2Br)cc1Br. The van der Waals surface area contributed by atoms with Crippen LogP contribution in [0.1, 0.15) is 23.5 Å². The number of ether oxygens (including phenoxy) is 1. The van der Waals surface area contributed by atoms with E-state index in [9.17, 15) is 5.11 Å². The molecule has 0 amide bonds. The fourth-order valence-corrected chi connectivity index (χ4v) is 3.72. The van der Waals surface area contributed by atoms with Gasteiger partial charge in [-0.1, -0.05) is 6.07 Å². The Hall–Kier alpha value is -0.360. The molecule has 0 radical (unpaired) electrons. The van der Waals surface area contributed by atoms with E-state index in [4.69, 9.17) is 4.74 Å². The van der Waals surface area contributed by atoms with Crippen LogP contribution in [0.5, 0.6) is 5.75 Å². The highest BCUT2D eigenvalue weighted by molar-refractivity contribution is 9.10. The van der Waals surface area contributed by atoms with Crippen LogP contribution in [0.15, 0.2) is 38.6 Å². The maximum Gasteiger partial charge on any atom is 0.133 e. The summed E-state index contributed by atoms with van der Waals surface area (Å²) in [5.74, 6) is 0.790. The zero-order valence-electron chi connectivity index (χ0n) is 9.69. The third kappa shape index (κ3) is 2.96. The largest absolute Gasteiger partial charge is 0.493 e. The molecule has 1 heterocycles. The number of hydrogen-bond donors (Lipinski definition) is 1. The number of benzene rings is 1. The van der Waals surface area contributed by atoms with Gasteiger partial charge >= 0.3 is 0 Å². The topological polar surface area (TPSA) is 29.5 Å². The zero-order valence-corrected chi connectivity index (χ0v) is 13.7. The van der Waals surface area contributed by atoms with Crippen molar-refractivity contribution >= 4 is 43.2 Å². The summed E-state index contributed by atoms with van der Waals surface area (Å²) in [6.07, 6.45) is -0.619. The minimum atomic E-state index is -0.619. The fourth-order valence-electron chi connectivity index (χ4n) is 1.61. The van der Waals surface area contributed by atoms with Crippen LogP contribution in [-0.4, -0.2) is 11.7 Å². The van der Waals surface area contributed by atoms with Crippen molar-refractivity contribution in [1.29, 1.82) is 0 Å². The Morgan fingerprint density at radius 1 is 1.28 bits per heavy atom. The molecule has 0 spiro atoms. The molecule has 2 nitrogen and oxygen atoms in total. The molecule has 1 aromatic heterocycles.